The van der Waals surface area contributed by atoms with E-state index in [9.17, 15) is 9.90 Å². The summed E-state index contributed by atoms with van der Waals surface area (Å²) in [6, 6.07) is 10.5. The molecule has 1 saturated heterocycles. The Morgan fingerprint density at radius 1 is 1.23 bits per heavy atom. The third-order valence-electron chi connectivity index (χ3n) is 4.02. The first-order chi connectivity index (χ1) is 10.6. The van der Waals surface area contributed by atoms with Gasteiger partial charge in [-0.2, -0.15) is 10.5 Å². The second-order valence-electron chi connectivity index (χ2n) is 5.35. The number of nitriles is 2. The van der Waals surface area contributed by atoms with Crippen LogP contribution in [0.1, 0.15) is 24.5 Å². The number of piperidine rings is 1. The molecule has 0 aliphatic carbocycles. The van der Waals surface area contributed by atoms with E-state index in [0.29, 0.717) is 36.5 Å². The van der Waals surface area contributed by atoms with Crippen LogP contribution in [0.4, 0.5) is 0 Å². The average molecular weight is 318 g/mol. The summed E-state index contributed by atoms with van der Waals surface area (Å²) in [6.45, 7) is 0.905. The van der Waals surface area contributed by atoms with E-state index in [0.717, 1.165) is 0 Å². The average Bonchev–Trinajstić information content (AvgIpc) is 2.56. The molecule has 0 saturated carbocycles. The zero-order valence-electron chi connectivity index (χ0n) is 11.9. The van der Waals surface area contributed by atoms with E-state index in [1.165, 1.54) is 0 Å². The van der Waals surface area contributed by atoms with Crippen LogP contribution in [0.2, 0.25) is 5.02 Å². The number of carbonyl (C=O) groups excluding carboxylic acids is 1. The molecule has 114 valence electrons. The Kier molecular flexibility index (Phi) is 5.38. The zero-order valence-corrected chi connectivity index (χ0v) is 12.7. The fourth-order valence-corrected chi connectivity index (χ4v) is 2.78. The number of benzene rings is 1. The topological polar surface area (TPSA) is 88.1 Å². The van der Waals surface area contributed by atoms with Gasteiger partial charge in [-0.05, 0) is 36.5 Å². The summed E-state index contributed by atoms with van der Waals surface area (Å²) < 4.78 is 0. The molecule has 6 heteroatoms. The molecule has 1 aromatic rings. The number of nitrogens with zero attached hydrogens (tertiary/aromatic N) is 3. The third kappa shape index (κ3) is 3.57. The Hall–Kier alpha value is -2.08. The normalized spacial score (nSPS) is 16.9. The monoisotopic (exact) mass is 317 g/mol. The maximum atomic E-state index is 12.3. The van der Waals surface area contributed by atoms with E-state index >= 15 is 0 Å². The number of carbonyl (C=O) groups is 1. The predicted octanol–water partition coefficient (Wildman–Crippen LogP) is 2.28. The molecule has 1 N–H and O–H groups in total. The number of hydrogen-bond donors (Lipinski definition) is 1. The molecule has 1 amide bonds. The second-order valence-corrected chi connectivity index (χ2v) is 5.79. The fourth-order valence-electron chi connectivity index (χ4n) is 2.65. The van der Waals surface area contributed by atoms with Crippen LogP contribution >= 0.6 is 11.6 Å². The van der Waals surface area contributed by atoms with Crippen molar-refractivity contribution in [3.63, 3.8) is 0 Å². The van der Waals surface area contributed by atoms with Crippen molar-refractivity contribution in [3.8, 4) is 12.1 Å². The molecule has 1 atom stereocenters. The van der Waals surface area contributed by atoms with Crippen LogP contribution in [0.3, 0.4) is 0 Å². The van der Waals surface area contributed by atoms with Crippen LogP contribution in [-0.2, 0) is 4.79 Å². The molecule has 0 spiro atoms. The van der Waals surface area contributed by atoms with E-state index in [-0.39, 0.29) is 11.8 Å². The molecule has 1 aliphatic rings. The molecule has 2 rings (SSSR count). The summed E-state index contributed by atoms with van der Waals surface area (Å²) in [5.74, 6) is -0.989. The Bertz CT molecular complexity index is 596. The highest BCUT2D eigenvalue weighted by Crippen LogP contribution is 2.26. The first-order valence-corrected chi connectivity index (χ1v) is 7.46. The van der Waals surface area contributed by atoms with E-state index < -0.39 is 12.0 Å². The lowest BCUT2D eigenvalue weighted by atomic mass is 9.86. The van der Waals surface area contributed by atoms with Crippen molar-refractivity contribution in [2.75, 3.05) is 13.1 Å². The Morgan fingerprint density at radius 3 is 2.27 bits per heavy atom. The van der Waals surface area contributed by atoms with Gasteiger partial charge in [0.2, 0.25) is 0 Å². The zero-order chi connectivity index (χ0) is 16.1. The van der Waals surface area contributed by atoms with Gasteiger partial charge in [0.1, 0.15) is 5.92 Å². The van der Waals surface area contributed by atoms with Gasteiger partial charge in [0.25, 0.3) is 5.91 Å². The summed E-state index contributed by atoms with van der Waals surface area (Å²) in [4.78, 5) is 13.9. The smallest absolute Gasteiger partial charge is 0.256 e. The largest absolute Gasteiger partial charge is 0.378 e. The molecule has 5 nitrogen and oxygen atoms in total. The first-order valence-electron chi connectivity index (χ1n) is 7.08. The van der Waals surface area contributed by atoms with Crippen LogP contribution in [-0.4, -0.2) is 29.0 Å². The van der Waals surface area contributed by atoms with Gasteiger partial charge >= 0.3 is 0 Å². The maximum absolute atomic E-state index is 12.3. The lowest BCUT2D eigenvalue weighted by Crippen LogP contribution is -2.42. The van der Waals surface area contributed by atoms with Crippen molar-refractivity contribution >= 4 is 17.5 Å². The highest BCUT2D eigenvalue weighted by molar-refractivity contribution is 6.30. The molecule has 0 radical (unpaired) electrons. The van der Waals surface area contributed by atoms with Gasteiger partial charge < -0.3 is 10.0 Å². The molecule has 22 heavy (non-hydrogen) atoms. The van der Waals surface area contributed by atoms with E-state index in [1.54, 1.807) is 29.2 Å². The van der Waals surface area contributed by atoms with Gasteiger partial charge in [-0.3, -0.25) is 4.79 Å². The summed E-state index contributed by atoms with van der Waals surface area (Å²) in [6.07, 6.45) is -0.00743. The number of rotatable bonds is 3. The van der Waals surface area contributed by atoms with Crippen molar-refractivity contribution in [1.29, 1.82) is 10.5 Å². The van der Waals surface area contributed by atoms with Gasteiger partial charge in [0.05, 0.1) is 12.1 Å². The second kappa shape index (κ2) is 7.26. The lowest BCUT2D eigenvalue weighted by molar-refractivity contribution is -0.142. The molecular formula is C16H16ClN3O2. The number of aliphatic hydroxyl groups excluding tert-OH is 1. The van der Waals surface area contributed by atoms with Gasteiger partial charge in [-0.15, -0.1) is 0 Å². The Morgan fingerprint density at radius 2 is 1.77 bits per heavy atom. The standard InChI is InChI=1S/C16H16ClN3O2/c17-14-3-1-12(2-4-14)15(21)16(22)20-7-5-11(6-8-20)13(9-18)10-19/h1-4,11,13,15,21H,5-8H2. The van der Waals surface area contributed by atoms with Crippen molar-refractivity contribution < 1.29 is 9.90 Å². The van der Waals surface area contributed by atoms with Crippen LogP contribution < -0.4 is 0 Å². The minimum Gasteiger partial charge on any atom is -0.378 e. The summed E-state index contributed by atoms with van der Waals surface area (Å²) in [7, 11) is 0. The number of amides is 1. The van der Waals surface area contributed by atoms with Gasteiger partial charge in [-0.1, -0.05) is 23.7 Å². The van der Waals surface area contributed by atoms with E-state index in [4.69, 9.17) is 22.1 Å². The van der Waals surface area contributed by atoms with Crippen molar-refractivity contribution in [2.24, 2.45) is 11.8 Å². The first kappa shape index (κ1) is 16.3. The van der Waals surface area contributed by atoms with E-state index in [2.05, 4.69) is 0 Å². The van der Waals surface area contributed by atoms with Crippen LogP contribution in [0.5, 0.6) is 0 Å². The summed E-state index contributed by atoms with van der Waals surface area (Å²) in [5, 5.41) is 28.5. The molecule has 1 heterocycles. The molecule has 1 aliphatic heterocycles. The molecule has 1 fully saturated rings. The fraction of sp³-hybridized carbons (Fsp3) is 0.438. The van der Waals surface area contributed by atoms with Crippen molar-refractivity contribution in [2.45, 2.75) is 18.9 Å². The number of hydrogen-bond acceptors (Lipinski definition) is 4. The molecule has 0 bridgehead atoms. The van der Waals surface area contributed by atoms with Gasteiger partial charge in [-0.25, -0.2) is 0 Å². The highest BCUT2D eigenvalue weighted by atomic mass is 35.5. The lowest BCUT2D eigenvalue weighted by Gasteiger charge is -2.33. The third-order valence-corrected chi connectivity index (χ3v) is 4.27. The summed E-state index contributed by atoms with van der Waals surface area (Å²) >= 11 is 5.79. The quantitative estimate of drug-likeness (QED) is 0.926. The molecule has 1 unspecified atom stereocenters. The van der Waals surface area contributed by atoms with Crippen LogP contribution in [0, 0.1) is 34.5 Å². The number of aliphatic hydroxyl groups is 1. The van der Waals surface area contributed by atoms with Crippen molar-refractivity contribution in [3.05, 3.63) is 34.9 Å². The Balaban J connectivity index is 1.96. The van der Waals surface area contributed by atoms with Crippen LogP contribution in [0.15, 0.2) is 24.3 Å². The molecular weight excluding hydrogens is 302 g/mol. The SMILES string of the molecule is N#CC(C#N)C1CCN(C(=O)C(O)c2ccc(Cl)cc2)CC1. The molecule has 1 aromatic carbocycles. The highest BCUT2D eigenvalue weighted by Gasteiger charge is 2.31. The summed E-state index contributed by atoms with van der Waals surface area (Å²) in [5.41, 5.74) is 0.503. The predicted molar refractivity (Wildman–Crippen MR) is 80.4 cm³/mol. The number of halogens is 1. The minimum absolute atomic E-state index is 0.00766. The number of likely N-dealkylation sites (tertiary alicyclic amines) is 1. The van der Waals surface area contributed by atoms with Crippen molar-refractivity contribution in [1.82, 2.24) is 4.90 Å². The maximum Gasteiger partial charge on any atom is 0.256 e. The van der Waals surface area contributed by atoms with Gasteiger partial charge in [0.15, 0.2) is 6.10 Å². The molecule has 0 aromatic heterocycles. The van der Waals surface area contributed by atoms with E-state index in [1.807, 2.05) is 12.1 Å². The Labute approximate surface area is 134 Å². The minimum atomic E-state index is -1.21. The van der Waals surface area contributed by atoms with Gasteiger partial charge in [0, 0.05) is 18.1 Å². The van der Waals surface area contributed by atoms with Crippen LogP contribution in [0.25, 0.3) is 0 Å².